The second-order valence-corrected chi connectivity index (χ2v) is 6.79. The number of morpholine rings is 1. The molecule has 0 amide bonds. The van der Waals surface area contributed by atoms with Crippen LogP contribution in [0.2, 0.25) is 0 Å². The van der Waals surface area contributed by atoms with Gasteiger partial charge in [-0.05, 0) is 17.9 Å². The molecule has 18 heavy (non-hydrogen) atoms. The number of nitrogens with one attached hydrogen (secondary N) is 1. The number of hydrogen-bond acceptors (Lipinski definition) is 4. The van der Waals surface area contributed by atoms with Gasteiger partial charge < -0.3 is 4.74 Å². The van der Waals surface area contributed by atoms with Crippen LogP contribution in [0.15, 0.2) is 17.5 Å². The third kappa shape index (κ3) is 3.30. The average molecular weight is 290 g/mol. The molecule has 2 heterocycles. The first-order chi connectivity index (χ1) is 8.63. The fourth-order valence-corrected chi connectivity index (χ4v) is 4.24. The van der Waals surface area contributed by atoms with Crippen LogP contribution in [-0.4, -0.2) is 39.0 Å². The zero-order valence-electron chi connectivity index (χ0n) is 10.3. The van der Waals surface area contributed by atoms with Gasteiger partial charge in [0.05, 0.1) is 19.3 Å². The van der Waals surface area contributed by atoms with Crippen molar-refractivity contribution in [2.45, 2.75) is 19.4 Å². The molecule has 0 aliphatic carbocycles. The lowest BCUT2D eigenvalue weighted by atomic mass is 10.2. The van der Waals surface area contributed by atoms with Crippen LogP contribution in [0.25, 0.3) is 0 Å². The Kier molecular flexibility index (Phi) is 4.74. The molecule has 7 heteroatoms. The zero-order valence-corrected chi connectivity index (χ0v) is 12.0. The first kappa shape index (κ1) is 14.0. The van der Waals surface area contributed by atoms with Crippen molar-refractivity contribution >= 4 is 21.5 Å². The van der Waals surface area contributed by atoms with Crippen LogP contribution in [0.5, 0.6) is 0 Å². The van der Waals surface area contributed by atoms with Crippen molar-refractivity contribution in [2.24, 2.45) is 0 Å². The lowest BCUT2D eigenvalue weighted by Crippen LogP contribution is -2.47. The van der Waals surface area contributed by atoms with E-state index in [1.165, 1.54) is 4.31 Å². The Hall–Kier alpha value is -0.470. The smallest absolute Gasteiger partial charge is 0.280 e. The van der Waals surface area contributed by atoms with Gasteiger partial charge in [-0.1, -0.05) is 13.0 Å². The number of hydrogen-bond donors (Lipinski definition) is 1. The highest BCUT2D eigenvalue weighted by Gasteiger charge is 2.27. The molecule has 102 valence electrons. The third-order valence-corrected chi connectivity index (χ3v) is 5.51. The van der Waals surface area contributed by atoms with Crippen LogP contribution >= 0.6 is 11.3 Å². The van der Waals surface area contributed by atoms with E-state index in [1.807, 2.05) is 24.4 Å². The van der Waals surface area contributed by atoms with Gasteiger partial charge in [0.15, 0.2) is 0 Å². The van der Waals surface area contributed by atoms with Gasteiger partial charge in [0.2, 0.25) is 0 Å². The maximum absolute atomic E-state index is 12.2. The van der Waals surface area contributed by atoms with E-state index in [0.29, 0.717) is 26.3 Å². The van der Waals surface area contributed by atoms with Gasteiger partial charge in [-0.2, -0.15) is 17.4 Å². The molecule has 2 rings (SSSR count). The van der Waals surface area contributed by atoms with Crippen LogP contribution in [0, 0.1) is 0 Å². The molecule has 5 nitrogen and oxygen atoms in total. The van der Waals surface area contributed by atoms with Crippen molar-refractivity contribution in [1.29, 1.82) is 0 Å². The highest BCUT2D eigenvalue weighted by atomic mass is 32.2. The first-order valence-corrected chi connectivity index (χ1v) is 8.34. The van der Waals surface area contributed by atoms with E-state index in [-0.39, 0.29) is 6.04 Å². The van der Waals surface area contributed by atoms with E-state index in [2.05, 4.69) is 4.72 Å². The molecular weight excluding hydrogens is 272 g/mol. The number of rotatable bonds is 5. The standard InChI is InChI=1S/C11H18N2O3S2/c1-2-10(11-4-3-9-17-11)12-18(14,15)13-5-7-16-8-6-13/h3-4,9-10,12H,2,5-8H2,1H3/t10-/m0/s1. The van der Waals surface area contributed by atoms with E-state index in [4.69, 9.17) is 4.74 Å². The molecule has 1 atom stereocenters. The number of thiophene rings is 1. The molecule has 1 aromatic rings. The molecule has 0 unspecified atom stereocenters. The van der Waals surface area contributed by atoms with Crippen molar-refractivity contribution in [3.8, 4) is 0 Å². The van der Waals surface area contributed by atoms with Gasteiger partial charge in [0.1, 0.15) is 0 Å². The number of ether oxygens (including phenoxy) is 1. The summed E-state index contributed by atoms with van der Waals surface area (Å²) >= 11 is 1.57. The van der Waals surface area contributed by atoms with Crippen molar-refractivity contribution in [3.05, 3.63) is 22.4 Å². The summed E-state index contributed by atoms with van der Waals surface area (Å²) in [6.07, 6.45) is 0.740. The van der Waals surface area contributed by atoms with Crippen LogP contribution in [-0.2, 0) is 14.9 Å². The topological polar surface area (TPSA) is 58.6 Å². The fourth-order valence-electron chi connectivity index (χ4n) is 1.87. The van der Waals surface area contributed by atoms with E-state index in [0.717, 1.165) is 11.3 Å². The van der Waals surface area contributed by atoms with Gasteiger partial charge in [-0.15, -0.1) is 11.3 Å². The molecule has 0 radical (unpaired) electrons. The van der Waals surface area contributed by atoms with Crippen LogP contribution in [0.4, 0.5) is 0 Å². The predicted octanol–water partition coefficient (Wildman–Crippen LogP) is 1.37. The molecule has 1 saturated heterocycles. The van der Waals surface area contributed by atoms with E-state index < -0.39 is 10.2 Å². The highest BCUT2D eigenvalue weighted by molar-refractivity contribution is 7.87. The minimum atomic E-state index is -3.41. The summed E-state index contributed by atoms with van der Waals surface area (Å²) in [5, 5.41) is 1.96. The quantitative estimate of drug-likeness (QED) is 0.891. The van der Waals surface area contributed by atoms with Gasteiger partial charge in [-0.25, -0.2) is 0 Å². The predicted molar refractivity (Wildman–Crippen MR) is 71.8 cm³/mol. The molecular formula is C11H18N2O3S2. The first-order valence-electron chi connectivity index (χ1n) is 6.02. The molecule has 1 aliphatic rings. The molecule has 0 saturated carbocycles. The van der Waals surface area contributed by atoms with Crippen LogP contribution < -0.4 is 4.72 Å². The minimum absolute atomic E-state index is 0.141. The Balaban J connectivity index is 2.06. The molecule has 0 spiro atoms. The summed E-state index contributed by atoms with van der Waals surface area (Å²) in [4.78, 5) is 1.05. The lowest BCUT2D eigenvalue weighted by Gasteiger charge is -2.28. The molecule has 1 aliphatic heterocycles. The van der Waals surface area contributed by atoms with Crippen molar-refractivity contribution < 1.29 is 13.2 Å². The van der Waals surface area contributed by atoms with Crippen molar-refractivity contribution in [3.63, 3.8) is 0 Å². The van der Waals surface area contributed by atoms with E-state index in [9.17, 15) is 8.42 Å². The normalized spacial score (nSPS) is 19.8. The summed E-state index contributed by atoms with van der Waals surface area (Å²) in [7, 11) is -3.41. The average Bonchev–Trinajstić information content (AvgIpc) is 2.91. The highest BCUT2D eigenvalue weighted by Crippen LogP contribution is 2.23. The monoisotopic (exact) mass is 290 g/mol. The van der Waals surface area contributed by atoms with Crippen LogP contribution in [0.1, 0.15) is 24.3 Å². The molecule has 0 aromatic carbocycles. The van der Waals surface area contributed by atoms with Crippen molar-refractivity contribution in [2.75, 3.05) is 26.3 Å². The van der Waals surface area contributed by atoms with Gasteiger partial charge in [-0.3, -0.25) is 0 Å². The maximum atomic E-state index is 12.2. The minimum Gasteiger partial charge on any atom is -0.379 e. The lowest BCUT2D eigenvalue weighted by molar-refractivity contribution is 0.0723. The summed E-state index contributed by atoms with van der Waals surface area (Å²) < 4.78 is 33.8. The fraction of sp³-hybridized carbons (Fsp3) is 0.636. The Labute approximate surface area is 112 Å². The Morgan fingerprint density at radius 1 is 1.50 bits per heavy atom. The third-order valence-electron chi connectivity index (χ3n) is 2.90. The Morgan fingerprint density at radius 3 is 2.78 bits per heavy atom. The molecule has 0 bridgehead atoms. The van der Waals surface area contributed by atoms with Gasteiger partial charge in [0.25, 0.3) is 10.2 Å². The van der Waals surface area contributed by atoms with Crippen molar-refractivity contribution in [1.82, 2.24) is 9.03 Å². The Bertz CT molecular complexity index is 453. The summed E-state index contributed by atoms with van der Waals surface area (Å²) in [5.41, 5.74) is 0. The SMILES string of the molecule is CC[C@H](NS(=O)(=O)N1CCOCC1)c1cccs1. The second kappa shape index (κ2) is 6.12. The molecule has 1 N–H and O–H groups in total. The number of nitrogens with zero attached hydrogens (tertiary/aromatic N) is 1. The maximum Gasteiger partial charge on any atom is 0.280 e. The summed E-state index contributed by atoms with van der Waals surface area (Å²) in [5.74, 6) is 0. The van der Waals surface area contributed by atoms with E-state index >= 15 is 0 Å². The van der Waals surface area contributed by atoms with Crippen LogP contribution in [0.3, 0.4) is 0 Å². The second-order valence-electron chi connectivity index (χ2n) is 4.11. The molecule has 1 aromatic heterocycles. The van der Waals surface area contributed by atoms with E-state index in [1.54, 1.807) is 11.3 Å². The van der Waals surface area contributed by atoms with Gasteiger partial charge in [0, 0.05) is 18.0 Å². The largest absolute Gasteiger partial charge is 0.379 e. The summed E-state index contributed by atoms with van der Waals surface area (Å²) in [6, 6.07) is 3.75. The van der Waals surface area contributed by atoms with Gasteiger partial charge >= 0.3 is 0 Å². The molecule has 1 fully saturated rings. The summed E-state index contributed by atoms with van der Waals surface area (Å²) in [6.45, 7) is 3.77. The Morgan fingerprint density at radius 2 is 2.22 bits per heavy atom. The zero-order chi connectivity index (χ0) is 13.0.